The van der Waals surface area contributed by atoms with E-state index in [1.807, 2.05) is 0 Å². The lowest BCUT2D eigenvalue weighted by atomic mass is 9.99. The first kappa shape index (κ1) is 13.0. The van der Waals surface area contributed by atoms with Gasteiger partial charge in [0.05, 0.1) is 6.54 Å². The number of nitrogens with two attached hydrogens (primary N) is 1. The van der Waals surface area contributed by atoms with Crippen LogP contribution in [0.1, 0.15) is 38.5 Å². The Morgan fingerprint density at radius 3 is 2.31 bits per heavy atom. The highest BCUT2D eigenvalue weighted by molar-refractivity contribution is 5.81. The van der Waals surface area contributed by atoms with Crippen LogP contribution in [0, 0.1) is 5.92 Å². The summed E-state index contributed by atoms with van der Waals surface area (Å²) in [5, 5.41) is 11.7. The predicted molar refractivity (Wildman–Crippen MR) is 59.4 cm³/mol. The van der Waals surface area contributed by atoms with E-state index in [1.54, 1.807) is 0 Å². The molecule has 0 bridgehead atoms. The molecule has 5 heteroatoms. The largest absolute Gasteiger partial charge is 0.381 e. The van der Waals surface area contributed by atoms with E-state index in [2.05, 4.69) is 5.32 Å². The van der Waals surface area contributed by atoms with Crippen molar-refractivity contribution in [3.63, 3.8) is 0 Å². The van der Waals surface area contributed by atoms with Gasteiger partial charge in [-0.1, -0.05) is 25.7 Å². The van der Waals surface area contributed by atoms with Crippen LogP contribution < -0.4 is 11.1 Å². The van der Waals surface area contributed by atoms with Crippen LogP contribution in [-0.2, 0) is 9.59 Å². The van der Waals surface area contributed by atoms with E-state index in [1.165, 1.54) is 12.8 Å². The number of rotatable bonds is 4. The highest BCUT2D eigenvalue weighted by Gasteiger charge is 2.21. The molecule has 0 spiro atoms. The molecule has 0 aromatic carbocycles. The summed E-state index contributed by atoms with van der Waals surface area (Å²) in [6.07, 6.45) is 5.06. The lowest BCUT2D eigenvalue weighted by molar-refractivity contribution is -0.128. The number of amides is 2. The van der Waals surface area contributed by atoms with Gasteiger partial charge in [-0.25, -0.2) is 0 Å². The molecule has 1 rings (SSSR count). The molecule has 0 aromatic rings. The van der Waals surface area contributed by atoms with Crippen molar-refractivity contribution in [1.29, 1.82) is 0 Å². The quantitative estimate of drug-likeness (QED) is 0.587. The molecular formula is C11H20N2O3. The second kappa shape index (κ2) is 6.48. The fraction of sp³-hybridized carbons (Fsp3) is 0.818. The number of nitrogens with one attached hydrogen (secondary N) is 1. The van der Waals surface area contributed by atoms with Gasteiger partial charge >= 0.3 is 0 Å². The summed E-state index contributed by atoms with van der Waals surface area (Å²) in [7, 11) is 0. The van der Waals surface area contributed by atoms with Gasteiger partial charge in [0.1, 0.15) is 6.10 Å². The molecule has 0 heterocycles. The highest BCUT2D eigenvalue weighted by atomic mass is 16.3. The molecule has 1 atom stereocenters. The van der Waals surface area contributed by atoms with Crippen LogP contribution in [-0.4, -0.2) is 29.6 Å². The molecule has 1 aliphatic carbocycles. The Morgan fingerprint density at radius 1 is 1.25 bits per heavy atom. The molecule has 2 amide bonds. The molecule has 0 saturated heterocycles. The minimum absolute atomic E-state index is 0.0302. The third-order valence-corrected chi connectivity index (χ3v) is 3.02. The van der Waals surface area contributed by atoms with Crippen LogP contribution in [0.5, 0.6) is 0 Å². The minimum Gasteiger partial charge on any atom is -0.381 e. The molecule has 0 aliphatic heterocycles. The minimum atomic E-state index is -1.28. The van der Waals surface area contributed by atoms with E-state index < -0.39 is 12.0 Å². The van der Waals surface area contributed by atoms with Crippen molar-refractivity contribution in [3.05, 3.63) is 0 Å². The van der Waals surface area contributed by atoms with E-state index >= 15 is 0 Å². The topological polar surface area (TPSA) is 92.4 Å². The average Bonchev–Trinajstić information content (AvgIpc) is 2.53. The number of aliphatic hydroxyl groups excluding tert-OH is 1. The molecule has 5 nitrogen and oxygen atoms in total. The van der Waals surface area contributed by atoms with Crippen molar-refractivity contribution in [2.45, 2.75) is 44.6 Å². The van der Waals surface area contributed by atoms with E-state index in [9.17, 15) is 9.59 Å². The Labute approximate surface area is 95.4 Å². The fourth-order valence-electron chi connectivity index (χ4n) is 1.98. The van der Waals surface area contributed by atoms with Gasteiger partial charge in [-0.3, -0.25) is 9.59 Å². The SMILES string of the molecule is NC(=O)C(O)CNC(=O)C1CCCCCC1. The van der Waals surface area contributed by atoms with Gasteiger partial charge < -0.3 is 16.2 Å². The second-order valence-corrected chi connectivity index (χ2v) is 4.35. The van der Waals surface area contributed by atoms with Crippen molar-refractivity contribution in [3.8, 4) is 0 Å². The number of aliphatic hydroxyl groups is 1. The summed E-state index contributed by atoms with van der Waals surface area (Å²) in [5.41, 5.74) is 4.89. The summed E-state index contributed by atoms with van der Waals surface area (Å²) in [6.45, 7) is -0.0787. The van der Waals surface area contributed by atoms with Gasteiger partial charge in [0, 0.05) is 5.92 Å². The normalized spacial score (nSPS) is 19.8. The van der Waals surface area contributed by atoms with Gasteiger partial charge in [-0.2, -0.15) is 0 Å². The lowest BCUT2D eigenvalue weighted by Crippen LogP contribution is -2.42. The Bertz CT molecular complexity index is 248. The molecule has 4 N–H and O–H groups in total. The maximum absolute atomic E-state index is 11.7. The molecule has 1 saturated carbocycles. The zero-order valence-electron chi connectivity index (χ0n) is 9.45. The molecule has 0 aromatic heterocycles. The molecule has 1 aliphatic rings. The zero-order chi connectivity index (χ0) is 12.0. The van der Waals surface area contributed by atoms with Crippen molar-refractivity contribution in [2.24, 2.45) is 11.7 Å². The van der Waals surface area contributed by atoms with Crippen molar-refractivity contribution < 1.29 is 14.7 Å². The van der Waals surface area contributed by atoms with E-state index in [4.69, 9.17) is 10.8 Å². The maximum Gasteiger partial charge on any atom is 0.248 e. The molecule has 0 radical (unpaired) electrons. The third-order valence-electron chi connectivity index (χ3n) is 3.02. The van der Waals surface area contributed by atoms with Crippen molar-refractivity contribution in [1.82, 2.24) is 5.32 Å². The molecule has 92 valence electrons. The number of hydrogen-bond donors (Lipinski definition) is 3. The molecular weight excluding hydrogens is 208 g/mol. The van der Waals surface area contributed by atoms with Crippen LogP contribution in [0.3, 0.4) is 0 Å². The fourth-order valence-corrected chi connectivity index (χ4v) is 1.98. The van der Waals surface area contributed by atoms with Crippen LogP contribution in [0.15, 0.2) is 0 Å². The van der Waals surface area contributed by atoms with E-state index in [0.717, 1.165) is 25.7 Å². The van der Waals surface area contributed by atoms with Crippen LogP contribution in [0.4, 0.5) is 0 Å². The van der Waals surface area contributed by atoms with Gasteiger partial charge in [0.25, 0.3) is 0 Å². The average molecular weight is 228 g/mol. The van der Waals surface area contributed by atoms with Gasteiger partial charge in [-0.15, -0.1) is 0 Å². The molecule has 16 heavy (non-hydrogen) atoms. The lowest BCUT2D eigenvalue weighted by Gasteiger charge is -2.15. The first-order valence-electron chi connectivity index (χ1n) is 5.86. The standard InChI is InChI=1S/C11H20N2O3/c12-10(15)9(14)7-13-11(16)8-5-3-1-2-4-6-8/h8-9,14H,1-7H2,(H2,12,15)(H,13,16). The van der Waals surface area contributed by atoms with Crippen molar-refractivity contribution in [2.75, 3.05) is 6.54 Å². The third kappa shape index (κ3) is 4.18. The maximum atomic E-state index is 11.7. The number of hydrogen-bond acceptors (Lipinski definition) is 3. The summed E-state index contributed by atoms with van der Waals surface area (Å²) in [6, 6.07) is 0. The second-order valence-electron chi connectivity index (χ2n) is 4.35. The van der Waals surface area contributed by atoms with Gasteiger partial charge in [0.15, 0.2) is 0 Å². The molecule has 1 fully saturated rings. The number of primary amides is 1. The summed E-state index contributed by atoms with van der Waals surface area (Å²) in [4.78, 5) is 22.3. The Balaban J connectivity index is 2.30. The highest BCUT2D eigenvalue weighted by Crippen LogP contribution is 2.22. The number of carbonyl (C=O) groups excluding carboxylic acids is 2. The Hall–Kier alpha value is -1.10. The van der Waals surface area contributed by atoms with Crippen LogP contribution >= 0.6 is 0 Å². The van der Waals surface area contributed by atoms with Crippen LogP contribution in [0.2, 0.25) is 0 Å². The summed E-state index contributed by atoms with van der Waals surface area (Å²) >= 11 is 0. The Morgan fingerprint density at radius 2 is 1.81 bits per heavy atom. The van der Waals surface area contributed by atoms with Crippen molar-refractivity contribution >= 4 is 11.8 Å². The first-order chi connectivity index (χ1) is 7.61. The van der Waals surface area contributed by atoms with Gasteiger partial charge in [0.2, 0.25) is 11.8 Å². The first-order valence-corrected chi connectivity index (χ1v) is 5.86. The van der Waals surface area contributed by atoms with Gasteiger partial charge in [-0.05, 0) is 12.8 Å². The molecule has 1 unspecified atom stereocenters. The van der Waals surface area contributed by atoms with E-state index in [-0.39, 0.29) is 18.4 Å². The van der Waals surface area contributed by atoms with E-state index in [0.29, 0.717) is 0 Å². The van der Waals surface area contributed by atoms with Crippen LogP contribution in [0.25, 0.3) is 0 Å². The predicted octanol–water partition coefficient (Wildman–Crippen LogP) is -0.0808. The Kier molecular flexibility index (Phi) is 5.25. The smallest absolute Gasteiger partial charge is 0.248 e. The number of carbonyl (C=O) groups is 2. The monoisotopic (exact) mass is 228 g/mol. The zero-order valence-corrected chi connectivity index (χ0v) is 9.45. The summed E-state index contributed by atoms with van der Waals surface area (Å²) < 4.78 is 0. The summed E-state index contributed by atoms with van der Waals surface area (Å²) in [5.74, 6) is -0.842.